The number of carbonyl (C=O) groups excluding carboxylic acids is 1. The van der Waals surface area contributed by atoms with E-state index in [4.69, 9.17) is 4.74 Å². The second-order valence-corrected chi connectivity index (χ2v) is 6.53. The predicted octanol–water partition coefficient (Wildman–Crippen LogP) is 2.90. The summed E-state index contributed by atoms with van der Waals surface area (Å²) in [6.07, 6.45) is 1.70. The molecule has 0 unspecified atom stereocenters. The second-order valence-electron chi connectivity index (χ2n) is 6.53. The highest BCUT2D eigenvalue weighted by molar-refractivity contribution is 5.94. The number of amides is 1. The van der Waals surface area contributed by atoms with Crippen molar-refractivity contribution in [1.29, 1.82) is 0 Å². The average Bonchev–Trinajstić information content (AvgIpc) is 2.74. The lowest BCUT2D eigenvalue weighted by molar-refractivity contribution is 0.0746. The van der Waals surface area contributed by atoms with Gasteiger partial charge in [0.15, 0.2) is 0 Å². The number of anilines is 2. The minimum absolute atomic E-state index is 0.0493. The summed E-state index contributed by atoms with van der Waals surface area (Å²) < 4.78 is 5.46. The summed E-state index contributed by atoms with van der Waals surface area (Å²) in [6.45, 7) is 8.97. The number of piperazine rings is 1. The van der Waals surface area contributed by atoms with E-state index in [0.29, 0.717) is 18.7 Å². The SMILES string of the molecule is CCN(CC)c1ccc(C(=O)N2CCN(c3ccccc3OC)CC2)cn1. The van der Waals surface area contributed by atoms with Gasteiger partial charge >= 0.3 is 0 Å². The quantitative estimate of drug-likeness (QED) is 0.785. The molecule has 6 heteroatoms. The normalized spacial score (nSPS) is 14.2. The van der Waals surface area contributed by atoms with Crippen molar-refractivity contribution in [3.63, 3.8) is 0 Å². The Morgan fingerprint density at radius 3 is 2.37 bits per heavy atom. The van der Waals surface area contributed by atoms with E-state index in [2.05, 4.69) is 34.7 Å². The highest BCUT2D eigenvalue weighted by Crippen LogP contribution is 2.28. The third-order valence-corrected chi connectivity index (χ3v) is 5.07. The van der Waals surface area contributed by atoms with Gasteiger partial charge in [-0.2, -0.15) is 0 Å². The summed E-state index contributed by atoms with van der Waals surface area (Å²) in [5.74, 6) is 1.83. The fourth-order valence-corrected chi connectivity index (χ4v) is 3.47. The molecule has 2 heterocycles. The number of rotatable bonds is 6. The smallest absolute Gasteiger partial charge is 0.255 e. The van der Waals surface area contributed by atoms with Crippen LogP contribution in [0, 0.1) is 0 Å². The Labute approximate surface area is 161 Å². The average molecular weight is 368 g/mol. The zero-order valence-corrected chi connectivity index (χ0v) is 16.4. The van der Waals surface area contributed by atoms with Crippen LogP contribution in [0.1, 0.15) is 24.2 Å². The molecule has 144 valence electrons. The van der Waals surface area contributed by atoms with Crippen molar-refractivity contribution in [3.05, 3.63) is 48.2 Å². The van der Waals surface area contributed by atoms with E-state index < -0.39 is 0 Å². The predicted molar refractivity (Wildman–Crippen MR) is 109 cm³/mol. The first kappa shape index (κ1) is 19.0. The van der Waals surface area contributed by atoms with E-state index >= 15 is 0 Å². The van der Waals surface area contributed by atoms with Crippen molar-refractivity contribution in [1.82, 2.24) is 9.88 Å². The highest BCUT2D eigenvalue weighted by Gasteiger charge is 2.24. The van der Waals surface area contributed by atoms with Gasteiger partial charge in [-0.25, -0.2) is 4.98 Å². The highest BCUT2D eigenvalue weighted by atomic mass is 16.5. The van der Waals surface area contributed by atoms with Crippen molar-refractivity contribution in [3.8, 4) is 5.75 Å². The first-order valence-corrected chi connectivity index (χ1v) is 9.56. The van der Waals surface area contributed by atoms with E-state index in [1.165, 1.54) is 0 Å². The van der Waals surface area contributed by atoms with Gasteiger partial charge in [0.2, 0.25) is 0 Å². The zero-order valence-electron chi connectivity index (χ0n) is 16.4. The fourth-order valence-electron chi connectivity index (χ4n) is 3.47. The van der Waals surface area contributed by atoms with Crippen LogP contribution < -0.4 is 14.5 Å². The van der Waals surface area contributed by atoms with Crippen LogP contribution in [0.3, 0.4) is 0 Å². The van der Waals surface area contributed by atoms with E-state index in [9.17, 15) is 4.79 Å². The van der Waals surface area contributed by atoms with Gasteiger partial charge in [-0.05, 0) is 38.1 Å². The van der Waals surface area contributed by atoms with E-state index in [1.807, 2.05) is 35.2 Å². The molecule has 27 heavy (non-hydrogen) atoms. The summed E-state index contributed by atoms with van der Waals surface area (Å²) in [5.41, 5.74) is 1.73. The number of carbonyl (C=O) groups is 1. The summed E-state index contributed by atoms with van der Waals surface area (Å²) in [6, 6.07) is 11.8. The van der Waals surface area contributed by atoms with Crippen LogP contribution in [0.25, 0.3) is 0 Å². The summed E-state index contributed by atoms with van der Waals surface area (Å²) in [5, 5.41) is 0. The van der Waals surface area contributed by atoms with Gasteiger partial charge < -0.3 is 19.4 Å². The van der Waals surface area contributed by atoms with Gasteiger partial charge in [0.05, 0.1) is 18.4 Å². The lowest BCUT2D eigenvalue weighted by Gasteiger charge is -2.36. The minimum atomic E-state index is 0.0493. The molecule has 0 spiro atoms. The number of hydrogen-bond acceptors (Lipinski definition) is 5. The molecule has 1 aromatic heterocycles. The topological polar surface area (TPSA) is 48.9 Å². The van der Waals surface area contributed by atoms with Crippen molar-refractivity contribution >= 4 is 17.4 Å². The monoisotopic (exact) mass is 368 g/mol. The summed E-state index contributed by atoms with van der Waals surface area (Å²) in [7, 11) is 1.69. The molecule has 0 saturated carbocycles. The van der Waals surface area contributed by atoms with Crippen LogP contribution in [0.15, 0.2) is 42.6 Å². The van der Waals surface area contributed by atoms with E-state index in [0.717, 1.165) is 43.4 Å². The Hall–Kier alpha value is -2.76. The van der Waals surface area contributed by atoms with Crippen LogP contribution in [0.2, 0.25) is 0 Å². The largest absolute Gasteiger partial charge is 0.495 e. The van der Waals surface area contributed by atoms with Gasteiger partial charge in [-0.1, -0.05) is 12.1 Å². The molecule has 1 saturated heterocycles. The van der Waals surface area contributed by atoms with Gasteiger partial charge in [-0.3, -0.25) is 4.79 Å². The van der Waals surface area contributed by atoms with Crippen LogP contribution in [-0.2, 0) is 0 Å². The minimum Gasteiger partial charge on any atom is -0.495 e. The molecule has 3 rings (SSSR count). The lowest BCUT2D eigenvalue weighted by Crippen LogP contribution is -2.48. The number of nitrogens with zero attached hydrogens (tertiary/aromatic N) is 4. The Morgan fingerprint density at radius 2 is 1.78 bits per heavy atom. The molecule has 6 nitrogen and oxygen atoms in total. The number of hydrogen-bond donors (Lipinski definition) is 0. The molecule has 0 radical (unpaired) electrons. The molecular weight excluding hydrogens is 340 g/mol. The van der Waals surface area contributed by atoms with Crippen molar-refractivity contribution in [2.24, 2.45) is 0 Å². The zero-order chi connectivity index (χ0) is 19.2. The summed E-state index contributed by atoms with van der Waals surface area (Å²) in [4.78, 5) is 23.6. The number of benzene rings is 1. The van der Waals surface area contributed by atoms with Crippen molar-refractivity contribution < 1.29 is 9.53 Å². The van der Waals surface area contributed by atoms with E-state index in [1.54, 1.807) is 13.3 Å². The Balaban J connectivity index is 1.63. The molecule has 0 N–H and O–H groups in total. The number of methoxy groups -OCH3 is 1. The molecule has 1 fully saturated rings. The Kier molecular flexibility index (Phi) is 6.16. The van der Waals surface area contributed by atoms with Crippen LogP contribution in [0.4, 0.5) is 11.5 Å². The van der Waals surface area contributed by atoms with Gasteiger partial charge in [0.25, 0.3) is 5.91 Å². The first-order valence-electron chi connectivity index (χ1n) is 9.56. The maximum absolute atomic E-state index is 12.8. The maximum atomic E-state index is 12.8. The van der Waals surface area contributed by atoms with E-state index in [-0.39, 0.29) is 5.91 Å². The second kappa shape index (κ2) is 8.75. The summed E-state index contributed by atoms with van der Waals surface area (Å²) >= 11 is 0. The van der Waals surface area contributed by atoms with Crippen LogP contribution in [-0.4, -0.2) is 62.2 Å². The molecule has 1 aromatic carbocycles. The standard InChI is InChI=1S/C21H28N4O2/c1-4-23(5-2)20-11-10-17(16-22-20)21(26)25-14-12-24(13-15-25)18-8-6-7-9-19(18)27-3/h6-11,16H,4-5,12-15H2,1-3H3. The Morgan fingerprint density at radius 1 is 1.07 bits per heavy atom. The Bertz CT molecular complexity index is 751. The molecular formula is C21H28N4O2. The molecule has 1 aliphatic heterocycles. The van der Waals surface area contributed by atoms with Crippen LogP contribution in [0.5, 0.6) is 5.75 Å². The molecule has 0 atom stereocenters. The molecule has 0 bridgehead atoms. The third-order valence-electron chi connectivity index (χ3n) is 5.07. The number of pyridine rings is 1. The number of aromatic nitrogens is 1. The third kappa shape index (κ3) is 4.15. The van der Waals surface area contributed by atoms with Crippen LogP contribution >= 0.6 is 0 Å². The van der Waals surface area contributed by atoms with Gasteiger partial charge in [-0.15, -0.1) is 0 Å². The molecule has 1 amide bonds. The van der Waals surface area contributed by atoms with Crippen molar-refractivity contribution in [2.45, 2.75) is 13.8 Å². The molecule has 2 aromatic rings. The van der Waals surface area contributed by atoms with Crippen molar-refractivity contribution in [2.75, 3.05) is 56.2 Å². The number of ether oxygens (including phenoxy) is 1. The van der Waals surface area contributed by atoms with Gasteiger partial charge in [0, 0.05) is 45.5 Å². The number of para-hydroxylation sites is 2. The van der Waals surface area contributed by atoms with Gasteiger partial charge in [0.1, 0.15) is 11.6 Å². The lowest BCUT2D eigenvalue weighted by atomic mass is 10.2. The maximum Gasteiger partial charge on any atom is 0.255 e. The molecule has 1 aliphatic rings. The fraction of sp³-hybridized carbons (Fsp3) is 0.429. The first-order chi connectivity index (χ1) is 13.2. The molecule has 0 aliphatic carbocycles.